The maximum absolute atomic E-state index is 13.9. The Bertz CT molecular complexity index is 1660. The van der Waals surface area contributed by atoms with Crippen LogP contribution in [0.3, 0.4) is 0 Å². The van der Waals surface area contributed by atoms with Crippen LogP contribution in [0.5, 0.6) is 11.5 Å². The highest BCUT2D eigenvalue weighted by atomic mass is 35.5. The standard InChI is InChI=1S/C31H34Cl2N2O5S/c1-17(2)11-12-39-24-10-8-21(13-25(24)38-6)28-27(30(37)40-16-18(3)4)19(5)34-31-35(28)29(36)26(41-31)14-20-7-9-22(32)15-23(20)33/h7-10,13-15,17-18,28H,11-12,16H2,1-6H3. The number of hydrogen-bond acceptors (Lipinski definition) is 7. The Morgan fingerprint density at radius 1 is 1.10 bits per heavy atom. The second-order valence-corrected chi connectivity index (χ2v) is 12.5. The zero-order chi connectivity index (χ0) is 29.8. The summed E-state index contributed by atoms with van der Waals surface area (Å²) in [7, 11) is 1.56. The number of hydrogen-bond donors (Lipinski definition) is 0. The van der Waals surface area contributed by atoms with Gasteiger partial charge in [0, 0.05) is 10.0 Å². The number of benzene rings is 2. The van der Waals surface area contributed by atoms with E-state index < -0.39 is 12.0 Å². The van der Waals surface area contributed by atoms with E-state index in [-0.39, 0.29) is 18.1 Å². The lowest BCUT2D eigenvalue weighted by molar-refractivity contribution is -0.140. The van der Waals surface area contributed by atoms with Crippen LogP contribution in [-0.4, -0.2) is 30.9 Å². The summed E-state index contributed by atoms with van der Waals surface area (Å²) in [4.78, 5) is 32.5. The molecule has 0 spiro atoms. The summed E-state index contributed by atoms with van der Waals surface area (Å²) in [5, 5.41) is 0.922. The SMILES string of the molecule is COc1cc(C2C(C(=O)OCC(C)C)=C(C)N=c3sc(=Cc4ccc(Cl)cc4Cl)c(=O)n32)ccc1OCCC(C)C. The van der Waals surface area contributed by atoms with Crippen molar-refractivity contribution in [3.63, 3.8) is 0 Å². The second-order valence-electron chi connectivity index (χ2n) is 10.7. The van der Waals surface area contributed by atoms with Crippen molar-refractivity contribution in [3.8, 4) is 11.5 Å². The topological polar surface area (TPSA) is 79.1 Å². The first-order valence-corrected chi connectivity index (χ1v) is 15.0. The number of nitrogens with zero attached hydrogens (tertiary/aromatic N) is 2. The summed E-state index contributed by atoms with van der Waals surface area (Å²) in [5.41, 5.74) is 1.79. The molecule has 4 rings (SSSR count). The number of halogens is 2. The predicted octanol–water partition coefficient (Wildman–Crippen LogP) is 6.17. The number of methoxy groups -OCH3 is 1. The molecule has 2 heterocycles. The van der Waals surface area contributed by atoms with E-state index in [9.17, 15) is 9.59 Å². The van der Waals surface area contributed by atoms with Crippen LogP contribution < -0.4 is 24.4 Å². The van der Waals surface area contributed by atoms with Crippen molar-refractivity contribution in [2.75, 3.05) is 20.3 Å². The highest BCUT2D eigenvalue weighted by Gasteiger charge is 2.34. The molecule has 1 aromatic heterocycles. The van der Waals surface area contributed by atoms with Crippen molar-refractivity contribution in [3.05, 3.63) is 88.5 Å². The number of thiazole rings is 1. The molecular weight excluding hydrogens is 583 g/mol. The minimum atomic E-state index is -0.785. The van der Waals surface area contributed by atoms with Crippen molar-refractivity contribution in [1.29, 1.82) is 0 Å². The van der Waals surface area contributed by atoms with Gasteiger partial charge in [0.15, 0.2) is 16.3 Å². The molecule has 2 aromatic carbocycles. The van der Waals surface area contributed by atoms with Crippen LogP contribution in [0.2, 0.25) is 10.0 Å². The van der Waals surface area contributed by atoms with Crippen molar-refractivity contribution < 1.29 is 19.0 Å². The molecule has 1 aliphatic heterocycles. The minimum Gasteiger partial charge on any atom is -0.493 e. The molecular formula is C31H34Cl2N2O5S. The fourth-order valence-electron chi connectivity index (χ4n) is 4.36. The first-order chi connectivity index (χ1) is 19.5. The highest BCUT2D eigenvalue weighted by Crippen LogP contribution is 2.36. The monoisotopic (exact) mass is 616 g/mol. The molecule has 0 bridgehead atoms. The third kappa shape index (κ3) is 7.05. The second kappa shape index (κ2) is 13.3. The minimum absolute atomic E-state index is 0.144. The highest BCUT2D eigenvalue weighted by molar-refractivity contribution is 7.07. The summed E-state index contributed by atoms with van der Waals surface area (Å²) >= 11 is 13.7. The molecule has 0 saturated heterocycles. The van der Waals surface area contributed by atoms with Gasteiger partial charge >= 0.3 is 5.97 Å². The summed E-state index contributed by atoms with van der Waals surface area (Å²) in [6.45, 7) is 10.7. The van der Waals surface area contributed by atoms with E-state index in [1.807, 2.05) is 26.0 Å². The average molecular weight is 618 g/mol. The Morgan fingerprint density at radius 2 is 1.85 bits per heavy atom. The molecule has 1 unspecified atom stereocenters. The number of allylic oxidation sites excluding steroid dienone is 1. The van der Waals surface area contributed by atoms with Gasteiger partial charge in [0.05, 0.1) is 42.2 Å². The molecule has 10 heteroatoms. The fraction of sp³-hybridized carbons (Fsp3) is 0.387. The Kier molecular flexibility index (Phi) is 10.00. The third-order valence-corrected chi connectivity index (χ3v) is 8.04. The summed E-state index contributed by atoms with van der Waals surface area (Å²) in [6, 6.07) is 9.76. The molecule has 1 aliphatic rings. The summed E-state index contributed by atoms with van der Waals surface area (Å²) in [5.74, 6) is 1.22. The summed E-state index contributed by atoms with van der Waals surface area (Å²) < 4.78 is 19.2. The number of ether oxygens (including phenoxy) is 3. The Balaban J connectivity index is 1.87. The first kappa shape index (κ1) is 30.9. The van der Waals surface area contributed by atoms with Crippen LogP contribution in [0, 0.1) is 11.8 Å². The van der Waals surface area contributed by atoms with Gasteiger partial charge in [-0.3, -0.25) is 9.36 Å². The zero-order valence-corrected chi connectivity index (χ0v) is 26.3. The lowest BCUT2D eigenvalue weighted by atomic mass is 9.95. The predicted molar refractivity (Wildman–Crippen MR) is 164 cm³/mol. The average Bonchev–Trinajstić information content (AvgIpc) is 3.22. The third-order valence-electron chi connectivity index (χ3n) is 6.49. The van der Waals surface area contributed by atoms with Gasteiger partial charge in [-0.15, -0.1) is 0 Å². The van der Waals surface area contributed by atoms with Gasteiger partial charge < -0.3 is 14.2 Å². The molecule has 0 N–H and O–H groups in total. The van der Waals surface area contributed by atoms with Crippen molar-refractivity contribution in [2.24, 2.45) is 16.8 Å². The Labute approximate surface area is 253 Å². The Morgan fingerprint density at radius 3 is 2.51 bits per heavy atom. The number of carbonyl (C=O) groups is 1. The van der Waals surface area contributed by atoms with Crippen LogP contribution in [0.1, 0.15) is 58.2 Å². The quantitative estimate of drug-likeness (QED) is 0.254. The van der Waals surface area contributed by atoms with Crippen LogP contribution in [-0.2, 0) is 9.53 Å². The van der Waals surface area contributed by atoms with Gasteiger partial charge in [0.2, 0.25) is 0 Å². The number of esters is 1. The van der Waals surface area contributed by atoms with E-state index in [0.29, 0.717) is 65.8 Å². The van der Waals surface area contributed by atoms with Gasteiger partial charge in [0.1, 0.15) is 0 Å². The molecule has 7 nitrogen and oxygen atoms in total. The van der Waals surface area contributed by atoms with Gasteiger partial charge in [-0.05, 0) is 66.6 Å². The van der Waals surface area contributed by atoms with E-state index >= 15 is 0 Å². The molecule has 0 radical (unpaired) electrons. The van der Waals surface area contributed by atoms with E-state index in [0.717, 1.165) is 6.42 Å². The van der Waals surface area contributed by atoms with Crippen LogP contribution in [0.15, 0.2) is 57.5 Å². The fourth-order valence-corrected chi connectivity index (χ4v) is 5.86. The maximum atomic E-state index is 13.9. The first-order valence-electron chi connectivity index (χ1n) is 13.5. The molecule has 0 fully saturated rings. The van der Waals surface area contributed by atoms with Crippen LogP contribution in [0.25, 0.3) is 6.08 Å². The lowest BCUT2D eigenvalue weighted by Crippen LogP contribution is -2.40. The molecule has 0 saturated carbocycles. The van der Waals surface area contributed by atoms with E-state index in [4.69, 9.17) is 37.4 Å². The normalized spacial score (nSPS) is 15.3. The zero-order valence-electron chi connectivity index (χ0n) is 24.0. The maximum Gasteiger partial charge on any atom is 0.338 e. The van der Waals surface area contributed by atoms with E-state index in [1.165, 1.54) is 15.9 Å². The van der Waals surface area contributed by atoms with Crippen molar-refractivity contribution in [2.45, 2.75) is 47.1 Å². The number of aromatic nitrogens is 1. The molecule has 218 valence electrons. The molecule has 1 atom stereocenters. The van der Waals surface area contributed by atoms with Crippen molar-refractivity contribution >= 4 is 46.6 Å². The number of rotatable bonds is 10. The lowest BCUT2D eigenvalue weighted by Gasteiger charge is -2.25. The molecule has 3 aromatic rings. The molecule has 41 heavy (non-hydrogen) atoms. The number of fused-ring (bicyclic) bond motifs is 1. The molecule has 0 aliphatic carbocycles. The molecule has 0 amide bonds. The van der Waals surface area contributed by atoms with Crippen molar-refractivity contribution in [1.82, 2.24) is 4.57 Å². The van der Waals surface area contributed by atoms with Crippen LogP contribution in [0.4, 0.5) is 0 Å². The number of carbonyl (C=O) groups excluding carboxylic acids is 1. The largest absolute Gasteiger partial charge is 0.493 e. The van der Waals surface area contributed by atoms with E-state index in [2.05, 4.69) is 18.8 Å². The summed E-state index contributed by atoms with van der Waals surface area (Å²) in [6.07, 6.45) is 2.61. The van der Waals surface area contributed by atoms with Gasteiger partial charge in [-0.25, -0.2) is 9.79 Å². The Hall–Kier alpha value is -3.07. The van der Waals surface area contributed by atoms with Crippen LogP contribution >= 0.6 is 34.5 Å². The van der Waals surface area contributed by atoms with Gasteiger partial charge in [0.25, 0.3) is 5.56 Å². The smallest absolute Gasteiger partial charge is 0.338 e. The van der Waals surface area contributed by atoms with Gasteiger partial charge in [-0.1, -0.05) is 74.4 Å². The van der Waals surface area contributed by atoms with E-state index in [1.54, 1.807) is 44.4 Å². The van der Waals surface area contributed by atoms with Gasteiger partial charge in [-0.2, -0.15) is 0 Å².